The molecule has 0 fully saturated rings. The number of nitrogens with zero attached hydrogens (tertiary/aromatic N) is 2. The van der Waals surface area contributed by atoms with Crippen molar-refractivity contribution < 1.29 is 9.90 Å². The van der Waals surface area contributed by atoms with E-state index in [4.69, 9.17) is 63.7 Å². The number of phenols is 1. The van der Waals surface area contributed by atoms with Gasteiger partial charge in [-0.05, 0) is 17.7 Å². The van der Waals surface area contributed by atoms with E-state index >= 15 is 0 Å². The second kappa shape index (κ2) is 7.63. The Labute approximate surface area is 161 Å². The van der Waals surface area contributed by atoms with E-state index < -0.39 is 5.91 Å². The molecule has 2 aromatic rings. The maximum atomic E-state index is 12.0. The van der Waals surface area contributed by atoms with Gasteiger partial charge in [0.05, 0.1) is 27.0 Å². The fourth-order valence-electron chi connectivity index (χ4n) is 1.56. The molecular formula is C13H7Cl5N4O2. The van der Waals surface area contributed by atoms with Gasteiger partial charge in [0.1, 0.15) is 5.02 Å². The Kier molecular flexibility index (Phi) is 6.01. The number of phenolic OH excluding ortho intramolecular Hbond substituents is 1. The number of rotatable bonds is 3. The average molecular weight is 428 g/mol. The average Bonchev–Trinajstić information content (AvgIpc) is 2.53. The van der Waals surface area contributed by atoms with Gasteiger partial charge in [-0.2, -0.15) is 5.10 Å². The van der Waals surface area contributed by atoms with Crippen molar-refractivity contribution in [2.24, 2.45) is 5.10 Å². The van der Waals surface area contributed by atoms with Crippen LogP contribution in [0.4, 0.5) is 5.69 Å². The van der Waals surface area contributed by atoms with Crippen molar-refractivity contribution in [3.05, 3.63) is 48.6 Å². The predicted octanol–water partition coefficient (Wildman–Crippen LogP) is 4.40. The van der Waals surface area contributed by atoms with Gasteiger partial charge in [0.2, 0.25) is 0 Å². The molecule has 4 N–H and O–H groups in total. The molecule has 0 aliphatic heterocycles. The summed E-state index contributed by atoms with van der Waals surface area (Å²) in [5.74, 6) is -1.00. The molecule has 0 saturated carbocycles. The highest BCUT2D eigenvalue weighted by atomic mass is 35.5. The molecule has 0 atom stereocenters. The first-order valence-electron chi connectivity index (χ1n) is 6.03. The molecule has 24 heavy (non-hydrogen) atoms. The fourth-order valence-corrected chi connectivity index (χ4v) is 2.66. The molecule has 126 valence electrons. The third-order valence-corrected chi connectivity index (χ3v) is 4.42. The molecule has 0 aliphatic rings. The molecule has 0 saturated heterocycles. The Morgan fingerprint density at radius 2 is 1.75 bits per heavy atom. The van der Waals surface area contributed by atoms with Crippen molar-refractivity contribution >= 4 is 75.8 Å². The minimum absolute atomic E-state index is 0.0391. The zero-order valence-electron chi connectivity index (χ0n) is 11.4. The number of carbonyl (C=O) groups excluding carboxylic acids is 1. The molecule has 1 aromatic heterocycles. The minimum atomic E-state index is -0.752. The number of nitrogens with one attached hydrogen (secondary N) is 1. The van der Waals surface area contributed by atoms with Crippen molar-refractivity contribution in [2.45, 2.75) is 0 Å². The Morgan fingerprint density at radius 3 is 2.33 bits per heavy atom. The van der Waals surface area contributed by atoms with Crippen LogP contribution < -0.4 is 11.2 Å². The van der Waals surface area contributed by atoms with Crippen LogP contribution in [0.25, 0.3) is 0 Å². The smallest absolute Gasteiger partial charge is 0.291 e. The van der Waals surface area contributed by atoms with Gasteiger partial charge in [-0.1, -0.05) is 58.0 Å². The van der Waals surface area contributed by atoms with E-state index in [0.717, 1.165) is 0 Å². The Balaban J connectivity index is 2.20. The Hall–Kier alpha value is -1.44. The number of hydrogen-bond donors (Lipinski definition) is 3. The van der Waals surface area contributed by atoms with Crippen LogP contribution in [0.3, 0.4) is 0 Å². The highest BCUT2D eigenvalue weighted by molar-refractivity contribution is 6.46. The van der Waals surface area contributed by atoms with Crippen LogP contribution in [0.2, 0.25) is 25.2 Å². The molecule has 0 aliphatic carbocycles. The molecule has 0 spiro atoms. The number of carbonyl (C=O) groups is 1. The topological polar surface area (TPSA) is 101 Å². The normalized spacial score (nSPS) is 11.0. The molecule has 11 heteroatoms. The molecule has 6 nitrogen and oxygen atoms in total. The summed E-state index contributed by atoms with van der Waals surface area (Å²) in [4.78, 5) is 15.8. The second-order valence-corrected chi connectivity index (χ2v) is 6.25. The number of pyridine rings is 1. The van der Waals surface area contributed by atoms with E-state index in [0.29, 0.717) is 5.56 Å². The third-order valence-electron chi connectivity index (χ3n) is 2.71. The maximum Gasteiger partial charge on any atom is 0.291 e. The Bertz CT molecular complexity index is 834. The number of halogens is 5. The summed E-state index contributed by atoms with van der Waals surface area (Å²) in [6.07, 6.45) is 1.25. The molecule has 1 heterocycles. The lowest BCUT2D eigenvalue weighted by Gasteiger charge is -2.07. The van der Waals surface area contributed by atoms with Crippen molar-refractivity contribution in [1.82, 2.24) is 10.4 Å². The van der Waals surface area contributed by atoms with Gasteiger partial charge in [-0.15, -0.1) is 0 Å². The summed E-state index contributed by atoms with van der Waals surface area (Å²) in [7, 11) is 0. The summed E-state index contributed by atoms with van der Waals surface area (Å²) in [5.41, 5.74) is 7.96. The summed E-state index contributed by atoms with van der Waals surface area (Å²) in [6.45, 7) is 0. The zero-order chi connectivity index (χ0) is 18.0. The first-order chi connectivity index (χ1) is 11.2. The van der Waals surface area contributed by atoms with Crippen molar-refractivity contribution in [3.63, 3.8) is 0 Å². The fraction of sp³-hybridized carbons (Fsp3) is 0. The number of amides is 1. The van der Waals surface area contributed by atoms with E-state index in [1.165, 1.54) is 18.3 Å². The van der Waals surface area contributed by atoms with E-state index in [2.05, 4.69) is 15.5 Å². The number of anilines is 1. The van der Waals surface area contributed by atoms with Crippen molar-refractivity contribution in [2.75, 3.05) is 5.73 Å². The van der Waals surface area contributed by atoms with E-state index in [1.807, 2.05) is 0 Å². The summed E-state index contributed by atoms with van der Waals surface area (Å²) in [6, 6.07) is 2.81. The summed E-state index contributed by atoms with van der Waals surface area (Å²) < 4.78 is 0. The lowest BCUT2D eigenvalue weighted by Crippen LogP contribution is -2.20. The van der Waals surface area contributed by atoms with Crippen LogP contribution in [0.5, 0.6) is 5.75 Å². The van der Waals surface area contributed by atoms with Gasteiger partial charge in [0.25, 0.3) is 5.91 Å². The SMILES string of the molecule is Nc1c(Cl)c(Cl)nc(C(=O)N/N=C/c2cc(Cl)c(O)c(Cl)c2)c1Cl. The van der Waals surface area contributed by atoms with Crippen LogP contribution in [-0.2, 0) is 0 Å². The molecule has 0 radical (unpaired) electrons. The van der Waals surface area contributed by atoms with Gasteiger partial charge in [0, 0.05) is 0 Å². The molecule has 2 rings (SSSR count). The first kappa shape index (κ1) is 18.9. The zero-order valence-corrected chi connectivity index (χ0v) is 15.2. The molecule has 1 amide bonds. The van der Waals surface area contributed by atoms with Gasteiger partial charge in [0.15, 0.2) is 16.6 Å². The van der Waals surface area contributed by atoms with Gasteiger partial charge in [-0.25, -0.2) is 10.4 Å². The molecule has 0 bridgehead atoms. The highest BCUT2D eigenvalue weighted by Crippen LogP contribution is 2.34. The van der Waals surface area contributed by atoms with Gasteiger partial charge >= 0.3 is 0 Å². The van der Waals surface area contributed by atoms with Crippen LogP contribution >= 0.6 is 58.0 Å². The van der Waals surface area contributed by atoms with E-state index in [9.17, 15) is 9.90 Å². The van der Waals surface area contributed by atoms with Crippen LogP contribution in [0.1, 0.15) is 16.1 Å². The largest absolute Gasteiger partial charge is 0.505 e. The lowest BCUT2D eigenvalue weighted by atomic mass is 10.2. The van der Waals surface area contributed by atoms with Crippen LogP contribution in [0.15, 0.2) is 17.2 Å². The summed E-state index contributed by atoms with van der Waals surface area (Å²) in [5, 5.41) is 12.9. The van der Waals surface area contributed by atoms with Crippen molar-refractivity contribution in [1.29, 1.82) is 0 Å². The standard InChI is InChI=1S/C13H7Cl5N4O2/c14-5-1-4(2-6(15)11(5)23)3-20-22-13(24)10-7(16)9(19)8(17)12(18)21-10/h1-3,23H,(H2,19,21)(H,22,24)/b20-3+. The number of benzene rings is 1. The van der Waals surface area contributed by atoms with Gasteiger partial charge in [-0.3, -0.25) is 4.79 Å². The van der Waals surface area contributed by atoms with Gasteiger partial charge < -0.3 is 10.8 Å². The first-order valence-corrected chi connectivity index (χ1v) is 7.92. The van der Waals surface area contributed by atoms with E-state index in [-0.39, 0.29) is 42.4 Å². The molecular weight excluding hydrogens is 421 g/mol. The lowest BCUT2D eigenvalue weighted by molar-refractivity contribution is 0.0950. The number of aromatic hydroxyl groups is 1. The monoisotopic (exact) mass is 426 g/mol. The maximum absolute atomic E-state index is 12.0. The number of nitrogens with two attached hydrogens (primary N) is 1. The second-order valence-electron chi connectivity index (χ2n) is 4.33. The molecule has 1 aromatic carbocycles. The number of aromatic nitrogens is 1. The Morgan fingerprint density at radius 1 is 1.17 bits per heavy atom. The van der Waals surface area contributed by atoms with Crippen LogP contribution in [0, 0.1) is 0 Å². The highest BCUT2D eigenvalue weighted by Gasteiger charge is 2.19. The van der Waals surface area contributed by atoms with Crippen molar-refractivity contribution in [3.8, 4) is 5.75 Å². The number of nitrogen functional groups attached to an aromatic ring is 1. The minimum Gasteiger partial charge on any atom is -0.505 e. The summed E-state index contributed by atoms with van der Waals surface area (Å²) >= 11 is 29.0. The molecule has 0 unspecified atom stereocenters. The number of hydrazone groups is 1. The quantitative estimate of drug-likeness (QED) is 0.383. The number of hydrogen-bond acceptors (Lipinski definition) is 5. The predicted molar refractivity (Wildman–Crippen MR) is 96.9 cm³/mol. The van der Waals surface area contributed by atoms with Crippen LogP contribution in [-0.4, -0.2) is 22.2 Å². The van der Waals surface area contributed by atoms with E-state index in [1.54, 1.807) is 0 Å². The third kappa shape index (κ3) is 3.96.